The van der Waals surface area contributed by atoms with Gasteiger partial charge >= 0.3 is 0 Å². The molecule has 1 heterocycles. The third-order valence-corrected chi connectivity index (χ3v) is 4.01. The molecule has 0 aliphatic carbocycles. The number of hydrogen-bond donors (Lipinski definition) is 1. The summed E-state index contributed by atoms with van der Waals surface area (Å²) in [5, 5.41) is 11.1. The van der Waals surface area contributed by atoms with E-state index < -0.39 is 0 Å². The van der Waals surface area contributed by atoms with Crippen molar-refractivity contribution in [2.24, 2.45) is 0 Å². The number of carbonyl (C=O) groups excluding carboxylic acids is 1. The van der Waals surface area contributed by atoms with Crippen LogP contribution in [0, 0.1) is 0 Å². The monoisotopic (exact) mass is 367 g/mol. The van der Waals surface area contributed by atoms with Crippen molar-refractivity contribution in [1.29, 1.82) is 0 Å². The fourth-order valence-electron chi connectivity index (χ4n) is 2.09. The van der Waals surface area contributed by atoms with Gasteiger partial charge in [-0.2, -0.15) is 0 Å². The van der Waals surface area contributed by atoms with Crippen LogP contribution >= 0.6 is 11.8 Å². The number of thioether (sulfide) groups is 1. The van der Waals surface area contributed by atoms with Gasteiger partial charge in [0.25, 0.3) is 11.1 Å². The Kier molecular flexibility index (Phi) is 7.08. The number of rotatable bonds is 9. The van der Waals surface area contributed by atoms with E-state index in [1.807, 2.05) is 6.92 Å². The summed E-state index contributed by atoms with van der Waals surface area (Å²) in [6, 6.07) is 5.23. The molecule has 0 aliphatic heterocycles. The zero-order valence-corrected chi connectivity index (χ0v) is 15.4. The molecule has 1 aromatic heterocycles. The highest BCUT2D eigenvalue weighted by Gasteiger charge is 2.16. The van der Waals surface area contributed by atoms with Crippen LogP contribution in [0.2, 0.25) is 0 Å². The maximum Gasteiger partial charge on any atom is 0.277 e. The first-order chi connectivity index (χ1) is 12.1. The van der Waals surface area contributed by atoms with E-state index in [1.54, 1.807) is 39.5 Å². The number of methoxy groups -OCH3 is 3. The van der Waals surface area contributed by atoms with E-state index in [1.165, 1.54) is 11.8 Å². The molecule has 1 N–H and O–H groups in total. The van der Waals surface area contributed by atoms with Gasteiger partial charge in [-0.1, -0.05) is 11.8 Å². The van der Waals surface area contributed by atoms with Gasteiger partial charge in [-0.3, -0.25) is 4.79 Å². The van der Waals surface area contributed by atoms with Gasteiger partial charge in [0.2, 0.25) is 5.91 Å². The molecule has 2 rings (SSSR count). The van der Waals surface area contributed by atoms with Crippen molar-refractivity contribution in [3.05, 3.63) is 18.2 Å². The molecule has 25 heavy (non-hydrogen) atoms. The molecule has 0 saturated heterocycles. The molecule has 9 heteroatoms. The predicted octanol–water partition coefficient (Wildman–Crippen LogP) is 2.00. The van der Waals surface area contributed by atoms with Crippen molar-refractivity contribution in [3.63, 3.8) is 0 Å². The van der Waals surface area contributed by atoms with Gasteiger partial charge in [0.05, 0.1) is 32.1 Å². The molecular formula is C16H21N3O5S. The van der Waals surface area contributed by atoms with E-state index in [-0.39, 0.29) is 17.7 Å². The van der Waals surface area contributed by atoms with Crippen LogP contribution in [-0.2, 0) is 9.53 Å². The lowest BCUT2D eigenvalue weighted by atomic mass is 10.2. The highest BCUT2D eigenvalue weighted by atomic mass is 32.2. The summed E-state index contributed by atoms with van der Waals surface area (Å²) in [6.07, 6.45) is 0. The van der Waals surface area contributed by atoms with Crippen LogP contribution in [0.25, 0.3) is 11.5 Å². The van der Waals surface area contributed by atoms with E-state index in [2.05, 4.69) is 15.5 Å². The molecule has 0 bridgehead atoms. The summed E-state index contributed by atoms with van der Waals surface area (Å²) in [7, 11) is 4.72. The number of hydrogen-bond acceptors (Lipinski definition) is 8. The van der Waals surface area contributed by atoms with Crippen LogP contribution in [0.1, 0.15) is 6.92 Å². The van der Waals surface area contributed by atoms with Gasteiger partial charge in [-0.15, -0.1) is 10.2 Å². The second kappa shape index (κ2) is 9.28. The van der Waals surface area contributed by atoms with E-state index in [4.69, 9.17) is 18.6 Å². The Morgan fingerprint density at radius 1 is 1.28 bits per heavy atom. The Bertz CT molecular complexity index is 707. The van der Waals surface area contributed by atoms with Crippen LogP contribution in [0.15, 0.2) is 27.8 Å². The molecule has 0 unspecified atom stereocenters. The summed E-state index contributed by atoms with van der Waals surface area (Å²) in [4.78, 5) is 11.8. The van der Waals surface area contributed by atoms with Crippen LogP contribution in [-0.4, -0.2) is 55.8 Å². The fourth-order valence-corrected chi connectivity index (χ4v) is 2.66. The molecule has 0 fully saturated rings. The smallest absolute Gasteiger partial charge is 0.277 e. The first kappa shape index (κ1) is 19.1. The third-order valence-electron chi connectivity index (χ3n) is 3.20. The van der Waals surface area contributed by atoms with Crippen molar-refractivity contribution in [3.8, 4) is 23.0 Å². The molecule has 1 amide bonds. The lowest BCUT2D eigenvalue weighted by Gasteiger charge is -2.11. The molecular weight excluding hydrogens is 346 g/mol. The highest BCUT2D eigenvalue weighted by Crippen LogP contribution is 2.33. The average molecular weight is 367 g/mol. The van der Waals surface area contributed by atoms with Crippen molar-refractivity contribution in [1.82, 2.24) is 15.5 Å². The molecule has 0 spiro atoms. The molecule has 0 aliphatic rings. The van der Waals surface area contributed by atoms with Gasteiger partial charge in [0, 0.05) is 19.2 Å². The maximum absolute atomic E-state index is 11.8. The van der Waals surface area contributed by atoms with Gasteiger partial charge < -0.3 is 23.9 Å². The SMILES string of the molecule is COC[C@@H](C)NC(=O)CSc1nnc(-c2ccc(OC)cc2OC)o1. The summed E-state index contributed by atoms with van der Waals surface area (Å²) < 4.78 is 21.1. The number of amides is 1. The van der Waals surface area contributed by atoms with E-state index in [9.17, 15) is 4.79 Å². The lowest BCUT2D eigenvalue weighted by molar-refractivity contribution is -0.119. The minimum absolute atomic E-state index is 0.0556. The maximum atomic E-state index is 11.8. The topological polar surface area (TPSA) is 95.7 Å². The minimum atomic E-state index is -0.128. The van der Waals surface area contributed by atoms with Gasteiger partial charge in [-0.05, 0) is 19.1 Å². The highest BCUT2D eigenvalue weighted by molar-refractivity contribution is 7.99. The van der Waals surface area contributed by atoms with Crippen molar-refractivity contribution < 1.29 is 23.4 Å². The Labute approximate surface area is 150 Å². The van der Waals surface area contributed by atoms with Crippen molar-refractivity contribution in [2.75, 3.05) is 33.7 Å². The Morgan fingerprint density at radius 3 is 2.76 bits per heavy atom. The van der Waals surface area contributed by atoms with Crippen LogP contribution in [0.4, 0.5) is 0 Å². The quantitative estimate of drug-likeness (QED) is 0.672. The number of aromatic nitrogens is 2. The van der Waals surface area contributed by atoms with E-state index in [0.29, 0.717) is 34.8 Å². The average Bonchev–Trinajstić information content (AvgIpc) is 3.08. The Morgan fingerprint density at radius 2 is 2.08 bits per heavy atom. The van der Waals surface area contributed by atoms with Crippen molar-refractivity contribution in [2.45, 2.75) is 18.2 Å². The Hall–Kier alpha value is -2.26. The van der Waals surface area contributed by atoms with Crippen LogP contribution < -0.4 is 14.8 Å². The first-order valence-corrected chi connectivity index (χ1v) is 8.53. The largest absolute Gasteiger partial charge is 0.497 e. The number of carbonyl (C=O) groups is 1. The van der Waals surface area contributed by atoms with Crippen LogP contribution in [0.3, 0.4) is 0 Å². The van der Waals surface area contributed by atoms with Gasteiger partial charge in [-0.25, -0.2) is 0 Å². The van der Waals surface area contributed by atoms with Gasteiger partial charge in [0.15, 0.2) is 0 Å². The summed E-state index contributed by atoms with van der Waals surface area (Å²) in [6.45, 7) is 2.32. The molecule has 1 aromatic carbocycles. The molecule has 1 atom stereocenters. The van der Waals surface area contributed by atoms with Gasteiger partial charge in [0.1, 0.15) is 11.5 Å². The molecule has 0 saturated carbocycles. The second-order valence-electron chi connectivity index (χ2n) is 5.15. The molecule has 136 valence electrons. The second-order valence-corrected chi connectivity index (χ2v) is 6.08. The fraction of sp³-hybridized carbons (Fsp3) is 0.438. The zero-order valence-electron chi connectivity index (χ0n) is 14.6. The lowest BCUT2D eigenvalue weighted by Crippen LogP contribution is -2.36. The summed E-state index contributed by atoms with van der Waals surface area (Å²) >= 11 is 1.17. The molecule has 0 radical (unpaired) electrons. The third kappa shape index (κ3) is 5.36. The number of ether oxygens (including phenoxy) is 3. The summed E-state index contributed by atoms with van der Waals surface area (Å²) in [5.74, 6) is 1.59. The number of nitrogens with one attached hydrogen (secondary N) is 1. The van der Waals surface area contributed by atoms with E-state index in [0.717, 1.165) is 0 Å². The standard InChI is InChI=1S/C16H21N3O5S/c1-10(8-21-2)17-14(20)9-25-16-19-18-15(24-16)12-6-5-11(22-3)7-13(12)23-4/h5-7,10H,8-9H2,1-4H3,(H,17,20)/t10-/m1/s1. The Balaban J connectivity index is 1.99. The zero-order chi connectivity index (χ0) is 18.2. The number of benzene rings is 1. The van der Waals surface area contributed by atoms with Crippen LogP contribution in [0.5, 0.6) is 11.5 Å². The normalized spacial score (nSPS) is 11.8. The van der Waals surface area contributed by atoms with E-state index >= 15 is 0 Å². The minimum Gasteiger partial charge on any atom is -0.497 e. The molecule has 2 aromatic rings. The number of nitrogens with zero attached hydrogens (tertiary/aromatic N) is 2. The predicted molar refractivity (Wildman–Crippen MR) is 93.0 cm³/mol. The van der Waals surface area contributed by atoms with Crippen molar-refractivity contribution >= 4 is 17.7 Å². The first-order valence-electron chi connectivity index (χ1n) is 7.54. The summed E-state index contributed by atoms with van der Waals surface area (Å²) in [5.41, 5.74) is 0.654. The molecule has 8 nitrogen and oxygen atoms in total.